The second-order valence-electron chi connectivity index (χ2n) is 3.03. The van der Waals surface area contributed by atoms with Crippen LogP contribution in [0, 0.1) is 0 Å². The number of nitrogens with zero attached hydrogens (tertiary/aromatic N) is 1. The Morgan fingerprint density at radius 2 is 2.33 bits per heavy atom. The van der Waals surface area contributed by atoms with Crippen LogP contribution >= 0.6 is 0 Å². The summed E-state index contributed by atoms with van der Waals surface area (Å²) in [6, 6.07) is -0.0752. The Hall–Kier alpha value is -1.06. The van der Waals surface area contributed by atoms with Gasteiger partial charge in [-0.2, -0.15) is 0 Å². The van der Waals surface area contributed by atoms with Gasteiger partial charge in [-0.25, -0.2) is 4.79 Å². The molecule has 0 radical (unpaired) electrons. The zero-order valence-electron chi connectivity index (χ0n) is 6.90. The van der Waals surface area contributed by atoms with Crippen molar-refractivity contribution in [1.29, 1.82) is 0 Å². The van der Waals surface area contributed by atoms with Crippen molar-refractivity contribution in [2.45, 2.75) is 31.7 Å². The first kappa shape index (κ1) is 9.03. The Kier molecular flexibility index (Phi) is 3.08. The van der Waals surface area contributed by atoms with Crippen LogP contribution in [0.4, 0.5) is 4.79 Å². The molecule has 0 aliphatic carbocycles. The van der Waals surface area contributed by atoms with E-state index in [4.69, 9.17) is 5.11 Å². The van der Waals surface area contributed by atoms with E-state index in [1.807, 2.05) is 0 Å². The Labute approximate surface area is 71.2 Å². The number of aldehydes is 1. The fourth-order valence-corrected chi connectivity index (χ4v) is 1.61. The molecule has 0 aromatic heterocycles. The first-order valence-electron chi connectivity index (χ1n) is 4.19. The molecule has 0 aromatic carbocycles. The number of piperidine rings is 1. The van der Waals surface area contributed by atoms with Crippen LogP contribution in [-0.2, 0) is 4.79 Å². The van der Waals surface area contributed by atoms with Crippen LogP contribution < -0.4 is 0 Å². The van der Waals surface area contributed by atoms with E-state index in [0.717, 1.165) is 25.5 Å². The number of likely N-dealkylation sites (tertiary alicyclic amines) is 1. The molecule has 0 saturated carbocycles. The van der Waals surface area contributed by atoms with Gasteiger partial charge in [0.2, 0.25) is 0 Å². The standard InChI is InChI=1S/C8H13NO3/c10-6-4-7-3-1-2-5-9(7)8(11)12/h6-7H,1-5H2,(H,11,12)/t7-/m0/s1. The molecular formula is C8H13NO3. The number of carboxylic acid groups (broad SMARTS) is 1. The lowest BCUT2D eigenvalue weighted by atomic mass is 10.0. The number of carbonyl (C=O) groups is 2. The van der Waals surface area contributed by atoms with Gasteiger partial charge in [0.15, 0.2) is 0 Å². The van der Waals surface area contributed by atoms with Gasteiger partial charge in [0.05, 0.1) is 0 Å². The van der Waals surface area contributed by atoms with E-state index in [1.165, 1.54) is 4.90 Å². The van der Waals surface area contributed by atoms with Crippen molar-refractivity contribution in [3.63, 3.8) is 0 Å². The van der Waals surface area contributed by atoms with Crippen molar-refractivity contribution in [1.82, 2.24) is 4.90 Å². The van der Waals surface area contributed by atoms with Gasteiger partial charge in [0.1, 0.15) is 6.29 Å². The van der Waals surface area contributed by atoms with Gasteiger partial charge in [0, 0.05) is 19.0 Å². The summed E-state index contributed by atoms with van der Waals surface area (Å²) >= 11 is 0. The van der Waals surface area contributed by atoms with Crippen LogP contribution in [0.2, 0.25) is 0 Å². The van der Waals surface area contributed by atoms with Crippen LogP contribution in [0.1, 0.15) is 25.7 Å². The molecule has 1 rings (SSSR count). The summed E-state index contributed by atoms with van der Waals surface area (Å²) in [7, 11) is 0. The van der Waals surface area contributed by atoms with E-state index < -0.39 is 6.09 Å². The summed E-state index contributed by atoms with van der Waals surface area (Å²) in [6.45, 7) is 0.577. The van der Waals surface area contributed by atoms with Crippen LogP contribution in [0.3, 0.4) is 0 Å². The monoisotopic (exact) mass is 171 g/mol. The highest BCUT2D eigenvalue weighted by molar-refractivity contribution is 5.66. The zero-order valence-corrected chi connectivity index (χ0v) is 6.90. The fourth-order valence-electron chi connectivity index (χ4n) is 1.61. The van der Waals surface area contributed by atoms with Crippen LogP contribution in [0.5, 0.6) is 0 Å². The van der Waals surface area contributed by atoms with Gasteiger partial charge >= 0.3 is 6.09 Å². The normalized spacial score (nSPS) is 23.7. The summed E-state index contributed by atoms with van der Waals surface area (Å²) in [6.07, 6.45) is 3.01. The molecule has 68 valence electrons. The van der Waals surface area contributed by atoms with E-state index in [-0.39, 0.29) is 6.04 Å². The highest BCUT2D eigenvalue weighted by Crippen LogP contribution is 2.18. The number of carbonyl (C=O) groups excluding carboxylic acids is 1. The fraction of sp³-hybridized carbons (Fsp3) is 0.750. The third kappa shape index (κ3) is 1.96. The molecule has 1 saturated heterocycles. The van der Waals surface area contributed by atoms with E-state index >= 15 is 0 Å². The zero-order chi connectivity index (χ0) is 8.97. The molecule has 1 fully saturated rings. The van der Waals surface area contributed by atoms with Gasteiger partial charge in [-0.3, -0.25) is 0 Å². The molecule has 1 aliphatic rings. The van der Waals surface area contributed by atoms with E-state index in [2.05, 4.69) is 0 Å². The van der Waals surface area contributed by atoms with Crippen LogP contribution in [0.15, 0.2) is 0 Å². The highest BCUT2D eigenvalue weighted by Gasteiger charge is 2.25. The van der Waals surface area contributed by atoms with Crippen molar-refractivity contribution in [3.8, 4) is 0 Å². The Bertz CT molecular complexity index is 181. The molecule has 1 N–H and O–H groups in total. The van der Waals surface area contributed by atoms with Crippen molar-refractivity contribution >= 4 is 12.4 Å². The topological polar surface area (TPSA) is 57.6 Å². The second-order valence-corrected chi connectivity index (χ2v) is 3.03. The van der Waals surface area contributed by atoms with E-state index in [0.29, 0.717) is 13.0 Å². The molecule has 1 amide bonds. The Balaban J connectivity index is 2.53. The number of hydrogen-bond donors (Lipinski definition) is 1. The molecule has 0 aromatic rings. The smallest absolute Gasteiger partial charge is 0.407 e. The second kappa shape index (κ2) is 4.09. The molecule has 1 atom stereocenters. The minimum Gasteiger partial charge on any atom is -0.465 e. The SMILES string of the molecule is O=CC[C@@H]1CCCCN1C(=O)O. The molecule has 4 heteroatoms. The van der Waals surface area contributed by atoms with Crippen molar-refractivity contribution < 1.29 is 14.7 Å². The maximum atomic E-state index is 10.6. The van der Waals surface area contributed by atoms with Crippen LogP contribution in [-0.4, -0.2) is 35.0 Å². The largest absolute Gasteiger partial charge is 0.465 e. The first-order valence-corrected chi connectivity index (χ1v) is 4.19. The van der Waals surface area contributed by atoms with Gasteiger partial charge in [0.25, 0.3) is 0 Å². The van der Waals surface area contributed by atoms with E-state index in [1.54, 1.807) is 0 Å². The van der Waals surface area contributed by atoms with Gasteiger partial charge in [-0.05, 0) is 19.3 Å². The molecule has 0 spiro atoms. The number of hydrogen-bond acceptors (Lipinski definition) is 2. The quantitative estimate of drug-likeness (QED) is 0.633. The van der Waals surface area contributed by atoms with Crippen molar-refractivity contribution in [2.75, 3.05) is 6.54 Å². The third-order valence-corrected chi connectivity index (χ3v) is 2.24. The van der Waals surface area contributed by atoms with Crippen LogP contribution in [0.25, 0.3) is 0 Å². The first-order chi connectivity index (χ1) is 5.75. The summed E-state index contributed by atoms with van der Waals surface area (Å²) in [5.41, 5.74) is 0. The molecule has 0 unspecified atom stereocenters. The summed E-state index contributed by atoms with van der Waals surface area (Å²) in [5.74, 6) is 0. The maximum absolute atomic E-state index is 10.6. The minimum absolute atomic E-state index is 0.0752. The average molecular weight is 171 g/mol. The summed E-state index contributed by atoms with van der Waals surface area (Å²) < 4.78 is 0. The molecular weight excluding hydrogens is 158 g/mol. The summed E-state index contributed by atoms with van der Waals surface area (Å²) in [4.78, 5) is 22.2. The number of amides is 1. The predicted molar refractivity (Wildman–Crippen MR) is 43.1 cm³/mol. The third-order valence-electron chi connectivity index (χ3n) is 2.24. The van der Waals surface area contributed by atoms with E-state index in [9.17, 15) is 9.59 Å². The Morgan fingerprint density at radius 1 is 1.58 bits per heavy atom. The minimum atomic E-state index is -0.901. The average Bonchev–Trinajstić information content (AvgIpc) is 2.05. The van der Waals surface area contributed by atoms with Gasteiger partial charge in [-0.1, -0.05) is 0 Å². The molecule has 1 aliphatic heterocycles. The number of rotatable bonds is 2. The Morgan fingerprint density at radius 3 is 2.92 bits per heavy atom. The highest BCUT2D eigenvalue weighted by atomic mass is 16.4. The lowest BCUT2D eigenvalue weighted by Gasteiger charge is -2.32. The molecule has 4 nitrogen and oxygen atoms in total. The van der Waals surface area contributed by atoms with Crippen molar-refractivity contribution in [2.24, 2.45) is 0 Å². The van der Waals surface area contributed by atoms with Gasteiger partial charge < -0.3 is 14.8 Å². The molecule has 12 heavy (non-hydrogen) atoms. The molecule has 0 bridgehead atoms. The maximum Gasteiger partial charge on any atom is 0.407 e. The summed E-state index contributed by atoms with van der Waals surface area (Å²) in [5, 5.41) is 8.75. The molecule has 1 heterocycles. The lowest BCUT2D eigenvalue weighted by Crippen LogP contribution is -2.43. The van der Waals surface area contributed by atoms with Gasteiger partial charge in [-0.15, -0.1) is 0 Å². The lowest BCUT2D eigenvalue weighted by molar-refractivity contribution is -0.109. The van der Waals surface area contributed by atoms with Crippen molar-refractivity contribution in [3.05, 3.63) is 0 Å². The predicted octanol–water partition coefficient (Wildman–Crippen LogP) is 1.11.